The number of hydrogen-bond acceptors (Lipinski definition) is 2. The van der Waals surface area contributed by atoms with Gasteiger partial charge >= 0.3 is 0 Å². The van der Waals surface area contributed by atoms with Crippen molar-refractivity contribution in [2.75, 3.05) is 19.6 Å². The number of rotatable bonds is 4. The molecule has 1 aliphatic carbocycles. The van der Waals surface area contributed by atoms with E-state index in [1.165, 1.54) is 25.7 Å². The summed E-state index contributed by atoms with van der Waals surface area (Å²) >= 11 is 3.45. The lowest BCUT2D eigenvalue weighted by atomic mass is 9.97. The van der Waals surface area contributed by atoms with E-state index >= 15 is 0 Å². The van der Waals surface area contributed by atoms with Crippen LogP contribution in [0.2, 0.25) is 0 Å². The van der Waals surface area contributed by atoms with Gasteiger partial charge in [-0.2, -0.15) is 0 Å². The largest absolute Gasteiger partial charge is 0.335 e. The highest BCUT2D eigenvalue weighted by Crippen LogP contribution is 2.30. The van der Waals surface area contributed by atoms with Crippen LogP contribution in [-0.4, -0.2) is 36.5 Å². The molecule has 0 aromatic heterocycles. The molecule has 0 unspecified atom stereocenters. The fourth-order valence-electron chi connectivity index (χ4n) is 2.91. The minimum atomic E-state index is 0.201. The van der Waals surface area contributed by atoms with Crippen molar-refractivity contribution >= 4 is 21.8 Å². The summed E-state index contributed by atoms with van der Waals surface area (Å²) in [6, 6.07) is 8.24. The van der Waals surface area contributed by atoms with Gasteiger partial charge in [0, 0.05) is 22.6 Å². The Kier molecular flexibility index (Phi) is 4.41. The Labute approximate surface area is 128 Å². The number of amides is 1. The smallest absolute Gasteiger partial charge is 0.254 e. The van der Waals surface area contributed by atoms with E-state index in [9.17, 15) is 4.79 Å². The molecule has 0 spiro atoms. The summed E-state index contributed by atoms with van der Waals surface area (Å²) in [5.41, 5.74) is 0.806. The maximum absolute atomic E-state index is 12.7. The van der Waals surface area contributed by atoms with Crippen molar-refractivity contribution in [1.29, 1.82) is 0 Å². The molecule has 2 aliphatic rings. The summed E-state index contributed by atoms with van der Waals surface area (Å²) < 4.78 is 0.973. The maximum atomic E-state index is 12.7. The van der Waals surface area contributed by atoms with E-state index in [1.807, 2.05) is 24.3 Å². The van der Waals surface area contributed by atoms with Crippen LogP contribution in [0, 0.1) is 5.92 Å². The lowest BCUT2D eigenvalue weighted by Crippen LogP contribution is -2.40. The van der Waals surface area contributed by atoms with Crippen molar-refractivity contribution < 1.29 is 4.79 Å². The molecule has 3 rings (SSSR count). The molecule has 108 valence electrons. The normalized spacial score (nSPS) is 19.9. The number of nitrogens with one attached hydrogen (secondary N) is 1. The van der Waals surface area contributed by atoms with Crippen LogP contribution in [-0.2, 0) is 0 Å². The van der Waals surface area contributed by atoms with E-state index in [4.69, 9.17) is 0 Å². The van der Waals surface area contributed by atoms with Crippen LogP contribution in [0.25, 0.3) is 0 Å². The minimum absolute atomic E-state index is 0.201. The average molecular weight is 337 g/mol. The number of piperidine rings is 1. The van der Waals surface area contributed by atoms with E-state index in [2.05, 4.69) is 26.1 Å². The first-order valence-corrected chi connectivity index (χ1v) is 8.30. The second-order valence-corrected chi connectivity index (χ2v) is 6.81. The van der Waals surface area contributed by atoms with Crippen molar-refractivity contribution in [2.45, 2.75) is 31.7 Å². The van der Waals surface area contributed by atoms with Gasteiger partial charge in [0.15, 0.2) is 0 Å². The molecule has 2 fully saturated rings. The highest BCUT2D eigenvalue weighted by atomic mass is 79.9. The molecule has 1 N–H and O–H groups in total. The Morgan fingerprint density at radius 2 is 2.00 bits per heavy atom. The zero-order chi connectivity index (χ0) is 13.9. The molecule has 1 aromatic carbocycles. The molecular formula is C16H21BrN2O. The summed E-state index contributed by atoms with van der Waals surface area (Å²) in [6.07, 6.45) is 4.72. The van der Waals surface area contributed by atoms with E-state index in [0.717, 1.165) is 29.7 Å². The SMILES string of the molecule is O=C(c1cccc(Br)c1)N(CC1CCNCC1)C1CC1. The van der Waals surface area contributed by atoms with Gasteiger partial charge in [0.2, 0.25) is 0 Å². The molecule has 1 aromatic rings. The number of carbonyl (C=O) groups is 1. The summed E-state index contributed by atoms with van der Waals surface area (Å²) in [5.74, 6) is 0.861. The number of carbonyl (C=O) groups excluding carboxylic acids is 1. The number of halogens is 1. The quantitative estimate of drug-likeness (QED) is 0.916. The fraction of sp³-hybridized carbons (Fsp3) is 0.562. The monoisotopic (exact) mass is 336 g/mol. The lowest BCUT2D eigenvalue weighted by molar-refractivity contribution is 0.0701. The van der Waals surface area contributed by atoms with Crippen LogP contribution in [0.5, 0.6) is 0 Å². The molecule has 4 heteroatoms. The molecule has 1 saturated heterocycles. The molecule has 3 nitrogen and oxygen atoms in total. The first kappa shape index (κ1) is 14.1. The molecule has 1 amide bonds. The van der Waals surface area contributed by atoms with Gasteiger partial charge in [0.1, 0.15) is 0 Å². The van der Waals surface area contributed by atoms with Gasteiger partial charge in [-0.05, 0) is 62.9 Å². The van der Waals surface area contributed by atoms with Gasteiger partial charge in [-0.15, -0.1) is 0 Å². The van der Waals surface area contributed by atoms with Crippen LogP contribution in [0.1, 0.15) is 36.0 Å². The van der Waals surface area contributed by atoms with Crippen LogP contribution in [0.4, 0.5) is 0 Å². The zero-order valence-corrected chi connectivity index (χ0v) is 13.2. The Morgan fingerprint density at radius 1 is 1.25 bits per heavy atom. The predicted molar refractivity (Wildman–Crippen MR) is 83.8 cm³/mol. The van der Waals surface area contributed by atoms with E-state index < -0.39 is 0 Å². The van der Waals surface area contributed by atoms with Crippen LogP contribution in [0.15, 0.2) is 28.7 Å². The highest BCUT2D eigenvalue weighted by Gasteiger charge is 2.34. The first-order chi connectivity index (χ1) is 9.74. The Balaban J connectivity index is 1.71. The van der Waals surface area contributed by atoms with Gasteiger partial charge in [0.25, 0.3) is 5.91 Å². The summed E-state index contributed by atoms with van der Waals surface area (Å²) in [7, 11) is 0. The third-order valence-corrected chi connectivity index (χ3v) is 4.73. The number of hydrogen-bond donors (Lipinski definition) is 1. The Hall–Kier alpha value is -0.870. The summed E-state index contributed by atoms with van der Waals surface area (Å²) in [6.45, 7) is 3.11. The first-order valence-electron chi connectivity index (χ1n) is 7.51. The van der Waals surface area contributed by atoms with Crippen molar-refractivity contribution in [2.24, 2.45) is 5.92 Å². The third kappa shape index (κ3) is 3.41. The van der Waals surface area contributed by atoms with Crippen molar-refractivity contribution in [1.82, 2.24) is 10.2 Å². The molecule has 1 saturated carbocycles. The summed E-state index contributed by atoms with van der Waals surface area (Å²) in [4.78, 5) is 14.9. The van der Waals surface area contributed by atoms with Crippen LogP contribution < -0.4 is 5.32 Å². The molecule has 1 heterocycles. The van der Waals surface area contributed by atoms with Crippen LogP contribution in [0.3, 0.4) is 0 Å². The Morgan fingerprint density at radius 3 is 2.65 bits per heavy atom. The second kappa shape index (κ2) is 6.27. The van der Waals surface area contributed by atoms with Crippen LogP contribution >= 0.6 is 15.9 Å². The topological polar surface area (TPSA) is 32.3 Å². The zero-order valence-electron chi connectivity index (χ0n) is 11.6. The Bertz CT molecular complexity index is 481. The minimum Gasteiger partial charge on any atom is -0.335 e. The average Bonchev–Trinajstić information content (AvgIpc) is 3.30. The molecular weight excluding hydrogens is 316 g/mol. The van der Waals surface area contributed by atoms with Gasteiger partial charge in [-0.3, -0.25) is 4.79 Å². The van der Waals surface area contributed by atoms with Crippen molar-refractivity contribution in [3.8, 4) is 0 Å². The van der Waals surface area contributed by atoms with Gasteiger partial charge in [-0.1, -0.05) is 22.0 Å². The van der Waals surface area contributed by atoms with Gasteiger partial charge in [-0.25, -0.2) is 0 Å². The van der Waals surface area contributed by atoms with E-state index in [-0.39, 0.29) is 5.91 Å². The van der Waals surface area contributed by atoms with E-state index in [1.54, 1.807) is 0 Å². The van der Waals surface area contributed by atoms with E-state index in [0.29, 0.717) is 12.0 Å². The molecule has 20 heavy (non-hydrogen) atoms. The van der Waals surface area contributed by atoms with Crippen molar-refractivity contribution in [3.05, 3.63) is 34.3 Å². The van der Waals surface area contributed by atoms with Gasteiger partial charge in [0.05, 0.1) is 0 Å². The summed E-state index contributed by atoms with van der Waals surface area (Å²) in [5, 5.41) is 3.39. The third-order valence-electron chi connectivity index (χ3n) is 4.23. The predicted octanol–water partition coefficient (Wildman–Crippen LogP) is 3.05. The highest BCUT2D eigenvalue weighted by molar-refractivity contribution is 9.10. The van der Waals surface area contributed by atoms with Crippen molar-refractivity contribution in [3.63, 3.8) is 0 Å². The van der Waals surface area contributed by atoms with Gasteiger partial charge < -0.3 is 10.2 Å². The fourth-order valence-corrected chi connectivity index (χ4v) is 3.31. The standard InChI is InChI=1S/C16H21BrN2O/c17-14-3-1-2-13(10-14)16(20)19(15-4-5-15)11-12-6-8-18-9-7-12/h1-3,10,12,15,18H,4-9,11H2. The second-order valence-electron chi connectivity index (χ2n) is 5.89. The molecule has 0 bridgehead atoms. The number of benzene rings is 1. The maximum Gasteiger partial charge on any atom is 0.254 e. The molecule has 0 radical (unpaired) electrons. The lowest BCUT2D eigenvalue weighted by Gasteiger charge is -2.30. The number of nitrogens with zero attached hydrogens (tertiary/aromatic N) is 1. The molecule has 0 atom stereocenters. The molecule has 1 aliphatic heterocycles.